The molecule has 17 heavy (non-hydrogen) atoms. The molecule has 0 radical (unpaired) electrons. The summed E-state index contributed by atoms with van der Waals surface area (Å²) < 4.78 is 0. The van der Waals surface area contributed by atoms with Gasteiger partial charge in [0.25, 0.3) is 0 Å². The van der Waals surface area contributed by atoms with Crippen LogP contribution < -0.4 is 10.6 Å². The minimum atomic E-state index is -1.55. The third-order valence-electron chi connectivity index (χ3n) is 3.17. The van der Waals surface area contributed by atoms with Crippen LogP contribution in [0.3, 0.4) is 0 Å². The smallest absolute Gasteiger partial charge is 0.334 e. The molecule has 0 heterocycles. The fourth-order valence-electron chi connectivity index (χ4n) is 2.03. The van der Waals surface area contributed by atoms with E-state index < -0.39 is 18.1 Å². The molecule has 6 heteroatoms. The molecule has 0 spiro atoms. The first-order valence-corrected chi connectivity index (χ1v) is 5.96. The number of hydrogen-bond acceptors (Lipinski definition) is 3. The summed E-state index contributed by atoms with van der Waals surface area (Å²) in [6, 6.07) is -0.269. The molecule has 0 aromatic carbocycles. The van der Waals surface area contributed by atoms with E-state index in [1.807, 2.05) is 0 Å². The molecule has 0 saturated heterocycles. The van der Waals surface area contributed by atoms with E-state index in [-0.39, 0.29) is 12.6 Å². The number of carbonyl (C=O) groups excluding carboxylic acids is 1. The number of carbonyl (C=O) groups is 2. The van der Waals surface area contributed by atoms with Gasteiger partial charge in [0.15, 0.2) is 6.10 Å². The lowest BCUT2D eigenvalue weighted by molar-refractivity contribution is -0.146. The van der Waals surface area contributed by atoms with Crippen molar-refractivity contribution in [1.29, 1.82) is 0 Å². The number of nitrogens with one attached hydrogen (secondary N) is 2. The van der Waals surface area contributed by atoms with Crippen LogP contribution in [0.15, 0.2) is 0 Å². The SMILES string of the molecule is CC1CCCCC1NC(=O)NCC(O)C(=O)O. The molecule has 0 bridgehead atoms. The molecule has 0 aromatic rings. The van der Waals surface area contributed by atoms with Crippen molar-refractivity contribution < 1.29 is 19.8 Å². The lowest BCUT2D eigenvalue weighted by Crippen LogP contribution is -2.48. The second-order valence-electron chi connectivity index (χ2n) is 4.58. The predicted molar refractivity (Wildman–Crippen MR) is 61.6 cm³/mol. The molecule has 1 aliphatic rings. The molecule has 3 unspecified atom stereocenters. The normalized spacial score (nSPS) is 26.0. The quantitative estimate of drug-likeness (QED) is 0.572. The van der Waals surface area contributed by atoms with E-state index in [4.69, 9.17) is 10.2 Å². The van der Waals surface area contributed by atoms with Crippen LogP contribution in [0.1, 0.15) is 32.6 Å². The van der Waals surface area contributed by atoms with E-state index in [0.29, 0.717) is 5.92 Å². The van der Waals surface area contributed by atoms with Crippen LogP contribution in [0, 0.1) is 5.92 Å². The van der Waals surface area contributed by atoms with Crippen molar-refractivity contribution in [3.8, 4) is 0 Å². The largest absolute Gasteiger partial charge is 0.479 e. The second-order valence-corrected chi connectivity index (χ2v) is 4.58. The maximum atomic E-state index is 11.5. The van der Waals surface area contributed by atoms with Gasteiger partial charge in [0.05, 0.1) is 6.54 Å². The van der Waals surface area contributed by atoms with E-state index in [0.717, 1.165) is 19.3 Å². The van der Waals surface area contributed by atoms with Gasteiger partial charge in [0.1, 0.15) is 0 Å². The lowest BCUT2D eigenvalue weighted by Gasteiger charge is -2.29. The van der Waals surface area contributed by atoms with Crippen molar-refractivity contribution in [2.24, 2.45) is 5.92 Å². The van der Waals surface area contributed by atoms with Crippen LogP contribution in [0.2, 0.25) is 0 Å². The number of rotatable bonds is 4. The zero-order valence-corrected chi connectivity index (χ0v) is 9.98. The molecule has 6 nitrogen and oxygen atoms in total. The fraction of sp³-hybridized carbons (Fsp3) is 0.818. The molecule has 1 aliphatic carbocycles. The van der Waals surface area contributed by atoms with Gasteiger partial charge in [-0.05, 0) is 18.8 Å². The highest BCUT2D eigenvalue weighted by molar-refractivity contribution is 5.76. The predicted octanol–water partition coefficient (Wildman–Crippen LogP) is 0.310. The Morgan fingerprint density at radius 1 is 1.35 bits per heavy atom. The summed E-state index contributed by atoms with van der Waals surface area (Å²) in [5.41, 5.74) is 0. The summed E-state index contributed by atoms with van der Waals surface area (Å²) in [7, 11) is 0. The van der Waals surface area contributed by atoms with E-state index in [9.17, 15) is 9.59 Å². The highest BCUT2D eigenvalue weighted by atomic mass is 16.4. The Morgan fingerprint density at radius 2 is 2.00 bits per heavy atom. The van der Waals surface area contributed by atoms with Crippen LogP contribution in [-0.2, 0) is 4.79 Å². The molecular formula is C11H20N2O4. The number of hydrogen-bond donors (Lipinski definition) is 4. The van der Waals surface area contributed by atoms with Gasteiger partial charge in [-0.3, -0.25) is 0 Å². The topological polar surface area (TPSA) is 98.7 Å². The van der Waals surface area contributed by atoms with E-state index in [2.05, 4.69) is 17.6 Å². The van der Waals surface area contributed by atoms with Gasteiger partial charge < -0.3 is 20.8 Å². The Labute approximate surface area is 100 Å². The van der Waals surface area contributed by atoms with E-state index in [1.54, 1.807) is 0 Å². The van der Waals surface area contributed by atoms with Crippen molar-refractivity contribution in [3.63, 3.8) is 0 Å². The van der Waals surface area contributed by atoms with Crippen LogP contribution in [0.5, 0.6) is 0 Å². The van der Waals surface area contributed by atoms with Crippen LogP contribution in [0.25, 0.3) is 0 Å². The first-order valence-electron chi connectivity index (χ1n) is 5.96. The van der Waals surface area contributed by atoms with Gasteiger partial charge in [-0.25, -0.2) is 9.59 Å². The Balaban J connectivity index is 2.26. The first kappa shape index (κ1) is 13.8. The average Bonchev–Trinajstić information content (AvgIpc) is 2.29. The van der Waals surface area contributed by atoms with Crippen LogP contribution >= 0.6 is 0 Å². The molecule has 2 amide bonds. The number of aliphatic hydroxyl groups is 1. The Morgan fingerprint density at radius 3 is 2.59 bits per heavy atom. The molecule has 1 saturated carbocycles. The van der Waals surface area contributed by atoms with Gasteiger partial charge in [-0.2, -0.15) is 0 Å². The van der Waals surface area contributed by atoms with E-state index >= 15 is 0 Å². The number of aliphatic hydroxyl groups excluding tert-OH is 1. The van der Waals surface area contributed by atoms with Crippen molar-refractivity contribution in [2.75, 3.05) is 6.54 Å². The van der Waals surface area contributed by atoms with Crippen molar-refractivity contribution in [2.45, 2.75) is 44.8 Å². The molecule has 1 rings (SSSR count). The maximum absolute atomic E-state index is 11.5. The summed E-state index contributed by atoms with van der Waals surface area (Å²) in [6.45, 7) is 1.82. The third kappa shape index (κ3) is 4.60. The number of amides is 2. The molecule has 3 atom stereocenters. The molecular weight excluding hydrogens is 224 g/mol. The van der Waals surface area contributed by atoms with Gasteiger partial charge in [0.2, 0.25) is 0 Å². The molecule has 0 aromatic heterocycles. The summed E-state index contributed by atoms with van der Waals surface area (Å²) in [6.07, 6.45) is 2.80. The fourth-order valence-corrected chi connectivity index (χ4v) is 2.03. The second kappa shape index (κ2) is 6.44. The van der Waals surface area contributed by atoms with Crippen LogP contribution in [0.4, 0.5) is 4.79 Å². The molecule has 0 aliphatic heterocycles. The van der Waals surface area contributed by atoms with Crippen molar-refractivity contribution in [3.05, 3.63) is 0 Å². The monoisotopic (exact) mass is 244 g/mol. The van der Waals surface area contributed by atoms with E-state index in [1.165, 1.54) is 6.42 Å². The number of aliphatic carboxylic acids is 1. The van der Waals surface area contributed by atoms with Crippen molar-refractivity contribution in [1.82, 2.24) is 10.6 Å². The molecule has 1 fully saturated rings. The number of carboxylic acids is 1. The van der Waals surface area contributed by atoms with Crippen LogP contribution in [-0.4, -0.2) is 40.9 Å². The Hall–Kier alpha value is -1.30. The minimum Gasteiger partial charge on any atom is -0.479 e. The van der Waals surface area contributed by atoms with Gasteiger partial charge in [-0.15, -0.1) is 0 Å². The first-order chi connectivity index (χ1) is 8.00. The zero-order chi connectivity index (χ0) is 12.8. The average molecular weight is 244 g/mol. The Bertz CT molecular complexity index is 283. The van der Waals surface area contributed by atoms with Gasteiger partial charge in [0, 0.05) is 6.04 Å². The third-order valence-corrected chi connectivity index (χ3v) is 3.17. The zero-order valence-electron chi connectivity index (χ0n) is 9.98. The minimum absolute atomic E-state index is 0.144. The summed E-state index contributed by atoms with van der Waals surface area (Å²) >= 11 is 0. The number of urea groups is 1. The molecule has 98 valence electrons. The standard InChI is InChI=1S/C11H20N2O4/c1-7-4-2-3-5-8(7)13-11(17)12-6-9(14)10(15)16/h7-9,14H,2-6H2,1H3,(H,15,16)(H2,12,13,17). The molecule has 4 N–H and O–H groups in total. The van der Waals surface area contributed by atoms with Crippen molar-refractivity contribution >= 4 is 12.0 Å². The number of carboxylic acid groups (broad SMARTS) is 1. The van der Waals surface area contributed by atoms with Gasteiger partial charge in [-0.1, -0.05) is 19.8 Å². The lowest BCUT2D eigenvalue weighted by atomic mass is 9.86. The highest BCUT2D eigenvalue weighted by Gasteiger charge is 2.23. The Kier molecular flexibility index (Phi) is 5.21. The maximum Gasteiger partial charge on any atom is 0.334 e. The summed E-state index contributed by atoms with van der Waals surface area (Å²) in [4.78, 5) is 21.8. The highest BCUT2D eigenvalue weighted by Crippen LogP contribution is 2.23. The summed E-state index contributed by atoms with van der Waals surface area (Å²) in [5.74, 6) is -0.893. The van der Waals surface area contributed by atoms with Gasteiger partial charge >= 0.3 is 12.0 Å². The summed E-state index contributed by atoms with van der Waals surface area (Å²) in [5, 5.41) is 22.6.